The molecule has 0 radical (unpaired) electrons. The topological polar surface area (TPSA) is 46.2 Å². The third-order valence-corrected chi connectivity index (χ3v) is 3.94. The maximum atomic E-state index is 10.1. The van der Waals surface area contributed by atoms with E-state index in [0.29, 0.717) is 10.8 Å². The molecule has 0 aromatic heterocycles. The second-order valence-corrected chi connectivity index (χ2v) is 5.27. The molecule has 0 unspecified atom stereocenters. The van der Waals surface area contributed by atoms with Crippen LogP contribution in [0.3, 0.4) is 0 Å². The van der Waals surface area contributed by atoms with Crippen molar-refractivity contribution in [2.75, 3.05) is 0 Å². The highest BCUT2D eigenvalue weighted by Gasteiger charge is 2.37. The summed E-state index contributed by atoms with van der Waals surface area (Å²) in [5.41, 5.74) is 6.85. The van der Waals surface area contributed by atoms with Gasteiger partial charge >= 0.3 is 0 Å². The number of phenolic OH excluding ortho intramolecular Hbond substituents is 1. The van der Waals surface area contributed by atoms with Crippen LogP contribution in [0.15, 0.2) is 30.3 Å². The van der Waals surface area contributed by atoms with E-state index < -0.39 is 0 Å². The lowest BCUT2D eigenvalue weighted by molar-refractivity contribution is 0.248. The number of fused-ring (bicyclic) bond motifs is 1. The quantitative estimate of drug-likeness (QED) is 0.810. The van der Waals surface area contributed by atoms with E-state index in [1.165, 1.54) is 0 Å². The molecule has 2 nitrogen and oxygen atoms in total. The first-order chi connectivity index (χ1) is 8.10. The van der Waals surface area contributed by atoms with Crippen LogP contribution >= 0.6 is 11.6 Å². The summed E-state index contributed by atoms with van der Waals surface area (Å²) in [4.78, 5) is 0. The first kappa shape index (κ1) is 10.9. The smallest absolute Gasteiger partial charge is 0.121 e. The van der Waals surface area contributed by atoms with Crippen molar-refractivity contribution < 1.29 is 5.11 Å². The summed E-state index contributed by atoms with van der Waals surface area (Å²) in [7, 11) is 0. The minimum absolute atomic E-state index is 0.294. The van der Waals surface area contributed by atoms with Gasteiger partial charge in [0.15, 0.2) is 0 Å². The van der Waals surface area contributed by atoms with Gasteiger partial charge in [-0.15, -0.1) is 0 Å². The molecule has 1 aliphatic rings. The van der Waals surface area contributed by atoms with E-state index in [0.717, 1.165) is 35.6 Å². The first-order valence-electron chi connectivity index (χ1n) is 5.81. The lowest BCUT2D eigenvalue weighted by Crippen LogP contribution is -2.43. The number of aromatic hydroxyl groups is 1. The van der Waals surface area contributed by atoms with Crippen LogP contribution in [-0.2, 0) is 5.54 Å². The Labute approximate surface area is 105 Å². The van der Waals surface area contributed by atoms with Crippen LogP contribution in [0.5, 0.6) is 5.75 Å². The standard InChI is InChI=1S/C14H14ClNO/c15-10-3-4-11-9(8-10)2-5-12(17)13(11)14(16)6-1-7-14/h2-5,8,17H,1,6-7,16H2. The lowest BCUT2D eigenvalue weighted by Gasteiger charge is -2.39. The molecule has 3 N–H and O–H groups in total. The van der Waals surface area contributed by atoms with E-state index in [2.05, 4.69) is 0 Å². The van der Waals surface area contributed by atoms with E-state index in [-0.39, 0.29) is 5.54 Å². The van der Waals surface area contributed by atoms with Gasteiger partial charge in [-0.25, -0.2) is 0 Å². The third kappa shape index (κ3) is 1.60. The van der Waals surface area contributed by atoms with Gasteiger partial charge in [-0.2, -0.15) is 0 Å². The van der Waals surface area contributed by atoms with Crippen LogP contribution in [0.25, 0.3) is 10.8 Å². The van der Waals surface area contributed by atoms with Crippen molar-refractivity contribution in [2.24, 2.45) is 5.73 Å². The van der Waals surface area contributed by atoms with Gasteiger partial charge in [-0.3, -0.25) is 0 Å². The minimum Gasteiger partial charge on any atom is -0.508 e. The van der Waals surface area contributed by atoms with Crippen molar-refractivity contribution in [3.63, 3.8) is 0 Å². The van der Waals surface area contributed by atoms with Gasteiger partial charge in [-0.1, -0.05) is 23.7 Å². The molecule has 0 atom stereocenters. The summed E-state index contributed by atoms with van der Waals surface area (Å²) in [6, 6.07) is 9.28. The predicted molar refractivity (Wildman–Crippen MR) is 70.3 cm³/mol. The molecule has 88 valence electrons. The summed E-state index contributed by atoms with van der Waals surface area (Å²) in [5.74, 6) is 0.294. The molecule has 0 spiro atoms. The van der Waals surface area contributed by atoms with Gasteiger partial charge in [-0.05, 0) is 48.2 Å². The fraction of sp³-hybridized carbons (Fsp3) is 0.286. The number of hydrogen-bond acceptors (Lipinski definition) is 2. The van der Waals surface area contributed by atoms with Gasteiger partial charge in [0.25, 0.3) is 0 Å². The summed E-state index contributed by atoms with van der Waals surface area (Å²) in [5, 5.41) is 12.8. The van der Waals surface area contributed by atoms with Crippen molar-refractivity contribution in [1.82, 2.24) is 0 Å². The monoisotopic (exact) mass is 247 g/mol. The first-order valence-corrected chi connectivity index (χ1v) is 6.19. The number of nitrogens with two attached hydrogens (primary N) is 1. The van der Waals surface area contributed by atoms with E-state index in [1.807, 2.05) is 24.3 Å². The predicted octanol–water partition coefficient (Wildman–Crippen LogP) is 3.54. The molecular formula is C14H14ClNO. The zero-order valence-corrected chi connectivity index (χ0v) is 10.2. The molecule has 2 aromatic rings. The molecule has 3 heteroatoms. The number of hydrogen-bond donors (Lipinski definition) is 2. The molecule has 0 aliphatic heterocycles. The van der Waals surface area contributed by atoms with Crippen molar-refractivity contribution in [3.05, 3.63) is 40.9 Å². The Morgan fingerprint density at radius 2 is 1.94 bits per heavy atom. The molecule has 1 aliphatic carbocycles. The SMILES string of the molecule is NC1(c2c(O)ccc3cc(Cl)ccc23)CCC1. The van der Waals surface area contributed by atoms with Gasteiger partial charge in [0, 0.05) is 16.1 Å². The van der Waals surface area contributed by atoms with Crippen molar-refractivity contribution in [3.8, 4) is 5.75 Å². The average molecular weight is 248 g/mol. The molecule has 1 saturated carbocycles. The van der Waals surface area contributed by atoms with Crippen LogP contribution < -0.4 is 5.73 Å². The average Bonchev–Trinajstić information content (AvgIpc) is 2.26. The minimum atomic E-state index is -0.364. The highest BCUT2D eigenvalue weighted by Crippen LogP contribution is 2.45. The molecule has 0 heterocycles. The molecule has 3 rings (SSSR count). The Kier molecular flexibility index (Phi) is 2.32. The van der Waals surface area contributed by atoms with Crippen LogP contribution in [-0.4, -0.2) is 5.11 Å². The van der Waals surface area contributed by atoms with Crippen LogP contribution in [0.2, 0.25) is 5.02 Å². The molecule has 1 fully saturated rings. The van der Waals surface area contributed by atoms with Crippen molar-refractivity contribution in [1.29, 1.82) is 0 Å². The van der Waals surface area contributed by atoms with Crippen LogP contribution in [0, 0.1) is 0 Å². The Bertz CT molecular complexity index is 590. The molecule has 2 aromatic carbocycles. The summed E-state index contributed by atoms with van der Waals surface area (Å²) < 4.78 is 0. The molecule has 0 bridgehead atoms. The maximum absolute atomic E-state index is 10.1. The molecular weight excluding hydrogens is 234 g/mol. The van der Waals surface area contributed by atoms with Gasteiger partial charge < -0.3 is 10.8 Å². The summed E-state index contributed by atoms with van der Waals surface area (Å²) >= 11 is 5.98. The summed E-state index contributed by atoms with van der Waals surface area (Å²) in [6.45, 7) is 0. The Balaban J connectivity index is 2.31. The second kappa shape index (κ2) is 3.62. The second-order valence-electron chi connectivity index (χ2n) is 4.83. The fourth-order valence-corrected chi connectivity index (χ4v) is 2.80. The molecule has 0 saturated heterocycles. The van der Waals surface area contributed by atoms with Crippen LogP contribution in [0.1, 0.15) is 24.8 Å². The van der Waals surface area contributed by atoms with E-state index in [4.69, 9.17) is 17.3 Å². The zero-order valence-electron chi connectivity index (χ0n) is 9.41. The number of rotatable bonds is 1. The Morgan fingerprint density at radius 1 is 1.18 bits per heavy atom. The Morgan fingerprint density at radius 3 is 2.59 bits per heavy atom. The van der Waals surface area contributed by atoms with E-state index in [1.54, 1.807) is 6.07 Å². The van der Waals surface area contributed by atoms with E-state index >= 15 is 0 Å². The maximum Gasteiger partial charge on any atom is 0.121 e. The van der Waals surface area contributed by atoms with Gasteiger partial charge in [0.2, 0.25) is 0 Å². The molecule has 17 heavy (non-hydrogen) atoms. The van der Waals surface area contributed by atoms with Gasteiger partial charge in [0.1, 0.15) is 5.75 Å². The van der Waals surface area contributed by atoms with Crippen LogP contribution in [0.4, 0.5) is 0 Å². The highest BCUT2D eigenvalue weighted by atomic mass is 35.5. The van der Waals surface area contributed by atoms with Gasteiger partial charge in [0.05, 0.1) is 0 Å². The highest BCUT2D eigenvalue weighted by molar-refractivity contribution is 6.31. The largest absolute Gasteiger partial charge is 0.508 e. The third-order valence-electron chi connectivity index (χ3n) is 3.70. The lowest BCUT2D eigenvalue weighted by atomic mass is 9.71. The Hall–Kier alpha value is -1.25. The van der Waals surface area contributed by atoms with Crippen molar-refractivity contribution in [2.45, 2.75) is 24.8 Å². The number of halogens is 1. The van der Waals surface area contributed by atoms with Crippen molar-refractivity contribution >= 4 is 22.4 Å². The number of phenols is 1. The summed E-state index contributed by atoms with van der Waals surface area (Å²) in [6.07, 6.45) is 2.99. The number of benzene rings is 2. The molecule has 0 amide bonds. The fourth-order valence-electron chi connectivity index (χ4n) is 2.62. The normalized spacial score (nSPS) is 18.0. The zero-order chi connectivity index (χ0) is 12.0. The van der Waals surface area contributed by atoms with E-state index in [9.17, 15) is 5.11 Å².